The first-order chi connectivity index (χ1) is 10.2. The summed E-state index contributed by atoms with van der Waals surface area (Å²) >= 11 is 1.59. The van der Waals surface area contributed by atoms with Gasteiger partial charge in [-0.05, 0) is 19.1 Å². The smallest absolute Gasteiger partial charge is 0.222 e. The highest BCUT2D eigenvalue weighted by atomic mass is 32.1. The number of ether oxygens (including phenoxy) is 1. The Labute approximate surface area is 125 Å². The molecule has 3 aromatic heterocycles. The van der Waals surface area contributed by atoms with Gasteiger partial charge in [-0.25, -0.2) is 4.98 Å². The van der Waals surface area contributed by atoms with Gasteiger partial charge < -0.3 is 15.8 Å². The Hall–Kier alpha value is -2.19. The Kier molecular flexibility index (Phi) is 3.72. The Morgan fingerprint density at radius 1 is 1.48 bits per heavy atom. The highest BCUT2D eigenvalue weighted by Crippen LogP contribution is 2.35. The highest BCUT2D eigenvalue weighted by molar-refractivity contribution is 7.22. The molecule has 0 aliphatic carbocycles. The molecule has 0 aliphatic rings. The van der Waals surface area contributed by atoms with E-state index in [1.807, 2.05) is 19.1 Å². The predicted molar refractivity (Wildman–Crippen MR) is 84.4 cm³/mol. The van der Waals surface area contributed by atoms with E-state index in [9.17, 15) is 0 Å². The quantitative estimate of drug-likeness (QED) is 0.667. The van der Waals surface area contributed by atoms with E-state index in [0.717, 1.165) is 26.6 Å². The molecule has 4 N–H and O–H groups in total. The summed E-state index contributed by atoms with van der Waals surface area (Å²) in [5.41, 5.74) is 7.56. The molecule has 0 aliphatic heterocycles. The van der Waals surface area contributed by atoms with Crippen molar-refractivity contribution in [3.05, 3.63) is 18.3 Å². The first-order valence-corrected chi connectivity index (χ1v) is 7.32. The van der Waals surface area contributed by atoms with Gasteiger partial charge in [-0.3, -0.25) is 5.10 Å². The number of methoxy groups -OCH3 is 1. The second-order valence-electron chi connectivity index (χ2n) is 4.65. The molecule has 3 heterocycles. The number of rotatable bonds is 5. The van der Waals surface area contributed by atoms with Gasteiger partial charge in [0.05, 0.1) is 26.9 Å². The molecule has 0 unspecified atom stereocenters. The van der Waals surface area contributed by atoms with E-state index in [1.54, 1.807) is 24.6 Å². The zero-order valence-electron chi connectivity index (χ0n) is 11.8. The van der Waals surface area contributed by atoms with Gasteiger partial charge in [0.25, 0.3) is 0 Å². The summed E-state index contributed by atoms with van der Waals surface area (Å²) in [7, 11) is 1.68. The van der Waals surface area contributed by atoms with Gasteiger partial charge in [-0.2, -0.15) is 10.1 Å². The van der Waals surface area contributed by atoms with Crippen LogP contribution in [-0.4, -0.2) is 39.9 Å². The van der Waals surface area contributed by atoms with Crippen LogP contribution < -0.4 is 11.1 Å². The summed E-state index contributed by atoms with van der Waals surface area (Å²) in [4.78, 5) is 9.62. The van der Waals surface area contributed by atoms with Crippen molar-refractivity contribution in [1.82, 2.24) is 20.2 Å². The minimum absolute atomic E-state index is 0.0864. The maximum Gasteiger partial charge on any atom is 0.222 e. The van der Waals surface area contributed by atoms with Gasteiger partial charge in [0.2, 0.25) is 5.95 Å². The van der Waals surface area contributed by atoms with Crippen LogP contribution in [0.4, 0.5) is 11.8 Å². The van der Waals surface area contributed by atoms with Crippen molar-refractivity contribution in [3.8, 4) is 10.6 Å². The average molecular weight is 304 g/mol. The third-order valence-corrected chi connectivity index (χ3v) is 4.28. The number of nitrogens with two attached hydrogens (primary N) is 1. The van der Waals surface area contributed by atoms with Gasteiger partial charge in [-0.15, -0.1) is 11.3 Å². The van der Waals surface area contributed by atoms with Gasteiger partial charge in [-0.1, -0.05) is 0 Å². The van der Waals surface area contributed by atoms with E-state index in [4.69, 9.17) is 10.5 Å². The molecule has 0 bridgehead atoms. The third kappa shape index (κ3) is 2.81. The molecule has 0 spiro atoms. The number of aromatic amines is 1. The molecule has 3 rings (SSSR count). The van der Waals surface area contributed by atoms with Gasteiger partial charge in [0.15, 0.2) is 0 Å². The monoisotopic (exact) mass is 304 g/mol. The van der Waals surface area contributed by atoms with E-state index in [2.05, 4.69) is 25.5 Å². The molecule has 0 fully saturated rings. The van der Waals surface area contributed by atoms with Crippen LogP contribution in [0.5, 0.6) is 0 Å². The lowest BCUT2D eigenvalue weighted by atomic mass is 10.3. The summed E-state index contributed by atoms with van der Waals surface area (Å²) in [6.45, 7) is 2.64. The number of fused-ring (bicyclic) bond motifs is 1. The molecule has 110 valence electrons. The number of nitrogens with one attached hydrogen (secondary N) is 2. The SMILES string of the molecule is CO[C@H](C)CNc1nc(N)nc2cc(-c3ccn[nH]3)sc12. The zero-order valence-corrected chi connectivity index (χ0v) is 12.6. The Morgan fingerprint density at radius 3 is 3.05 bits per heavy atom. The van der Waals surface area contributed by atoms with Crippen LogP contribution in [0.1, 0.15) is 6.92 Å². The van der Waals surface area contributed by atoms with Gasteiger partial charge in [0, 0.05) is 19.9 Å². The number of hydrogen-bond donors (Lipinski definition) is 3. The number of aromatic nitrogens is 4. The number of nitrogens with zero attached hydrogens (tertiary/aromatic N) is 3. The second kappa shape index (κ2) is 5.66. The molecular weight excluding hydrogens is 288 g/mol. The van der Waals surface area contributed by atoms with Crippen molar-refractivity contribution in [1.29, 1.82) is 0 Å². The van der Waals surface area contributed by atoms with E-state index in [0.29, 0.717) is 6.54 Å². The summed E-state index contributed by atoms with van der Waals surface area (Å²) in [5, 5.41) is 10.2. The van der Waals surface area contributed by atoms with Gasteiger partial charge in [0.1, 0.15) is 5.82 Å². The molecule has 0 aromatic carbocycles. The van der Waals surface area contributed by atoms with E-state index < -0.39 is 0 Å². The van der Waals surface area contributed by atoms with E-state index in [-0.39, 0.29) is 12.1 Å². The summed E-state index contributed by atoms with van der Waals surface area (Å²) in [5.74, 6) is 0.987. The third-order valence-electron chi connectivity index (χ3n) is 3.11. The molecule has 3 aromatic rings. The lowest BCUT2D eigenvalue weighted by molar-refractivity contribution is 0.129. The molecule has 7 nitrogen and oxygen atoms in total. The highest BCUT2D eigenvalue weighted by Gasteiger charge is 2.13. The fraction of sp³-hybridized carbons (Fsp3) is 0.308. The van der Waals surface area contributed by atoms with Crippen LogP contribution in [0, 0.1) is 0 Å². The summed E-state index contributed by atoms with van der Waals surface area (Å²) < 4.78 is 6.20. The Balaban J connectivity index is 1.99. The van der Waals surface area contributed by atoms with Crippen LogP contribution in [0.25, 0.3) is 20.8 Å². The van der Waals surface area contributed by atoms with Crippen LogP contribution in [0.15, 0.2) is 18.3 Å². The fourth-order valence-corrected chi connectivity index (χ4v) is 2.95. The fourth-order valence-electron chi connectivity index (χ4n) is 1.92. The lowest BCUT2D eigenvalue weighted by Crippen LogP contribution is -2.19. The van der Waals surface area contributed by atoms with E-state index in [1.165, 1.54) is 0 Å². The molecule has 1 atom stereocenters. The van der Waals surface area contributed by atoms with Crippen LogP contribution in [0.3, 0.4) is 0 Å². The minimum Gasteiger partial charge on any atom is -0.380 e. The first-order valence-electron chi connectivity index (χ1n) is 6.51. The van der Waals surface area contributed by atoms with E-state index >= 15 is 0 Å². The maximum absolute atomic E-state index is 5.78. The standard InChI is InChI=1S/C13H16N6OS/c1-7(20-2)6-15-12-11-9(17-13(14)18-12)5-10(21-11)8-3-4-16-19-8/h3-5,7H,6H2,1-2H3,(H,16,19)(H3,14,15,17,18)/t7-/m1/s1. The number of anilines is 2. The Morgan fingerprint density at radius 2 is 2.33 bits per heavy atom. The van der Waals surface area contributed by atoms with Crippen LogP contribution >= 0.6 is 11.3 Å². The lowest BCUT2D eigenvalue weighted by Gasteiger charge is -2.11. The van der Waals surface area contributed by atoms with Crippen molar-refractivity contribution in [3.63, 3.8) is 0 Å². The first kappa shape index (κ1) is 13.8. The maximum atomic E-state index is 5.78. The van der Waals surface area contributed by atoms with Crippen molar-refractivity contribution in [2.24, 2.45) is 0 Å². The molecule has 0 radical (unpaired) electrons. The van der Waals surface area contributed by atoms with Crippen molar-refractivity contribution < 1.29 is 4.74 Å². The Bertz CT molecular complexity index is 739. The molecule has 21 heavy (non-hydrogen) atoms. The average Bonchev–Trinajstić information content (AvgIpc) is 3.12. The molecule has 0 saturated carbocycles. The zero-order chi connectivity index (χ0) is 14.8. The number of hydrogen-bond acceptors (Lipinski definition) is 7. The minimum atomic E-state index is 0.0864. The number of thiophene rings is 1. The largest absolute Gasteiger partial charge is 0.380 e. The summed E-state index contributed by atoms with van der Waals surface area (Å²) in [6, 6.07) is 3.90. The predicted octanol–water partition coefficient (Wildman–Crippen LogP) is 2.11. The molecular formula is C13H16N6OS. The topological polar surface area (TPSA) is 102 Å². The molecule has 0 amide bonds. The van der Waals surface area contributed by atoms with Crippen LogP contribution in [0.2, 0.25) is 0 Å². The number of H-pyrrole nitrogens is 1. The molecule has 8 heteroatoms. The second-order valence-corrected chi connectivity index (χ2v) is 5.71. The summed E-state index contributed by atoms with van der Waals surface area (Å²) in [6.07, 6.45) is 1.81. The number of nitrogen functional groups attached to an aromatic ring is 1. The van der Waals surface area contributed by atoms with Gasteiger partial charge >= 0.3 is 0 Å². The van der Waals surface area contributed by atoms with Crippen molar-refractivity contribution >= 4 is 33.3 Å². The normalized spacial score (nSPS) is 12.7. The molecule has 0 saturated heterocycles. The van der Waals surface area contributed by atoms with Crippen molar-refractivity contribution in [2.45, 2.75) is 13.0 Å². The van der Waals surface area contributed by atoms with Crippen molar-refractivity contribution in [2.75, 3.05) is 24.7 Å². The van der Waals surface area contributed by atoms with Crippen LogP contribution in [-0.2, 0) is 4.74 Å².